The van der Waals surface area contributed by atoms with Gasteiger partial charge in [0.2, 0.25) is 0 Å². The third kappa shape index (κ3) is 33.4. The Morgan fingerprint density at radius 2 is 1.58 bits per heavy atom. The number of hydrogen-bond donors (Lipinski definition) is 1. The third-order valence-corrected chi connectivity index (χ3v) is 1.97. The summed E-state index contributed by atoms with van der Waals surface area (Å²) in [5, 5.41) is 10.8. The number of aromatic nitrogens is 3. The average Bonchev–Trinajstić information content (AvgIpc) is 3.22. The minimum Gasteiger partial charge on any atom is -0.400 e. The Balaban J connectivity index is -0.0000000800. The van der Waals surface area contributed by atoms with Crippen molar-refractivity contribution < 1.29 is 5.11 Å². The van der Waals surface area contributed by atoms with E-state index in [0.717, 1.165) is 24.8 Å². The molecule has 1 aromatic heterocycles. The maximum Gasteiger partial charge on any atom is 0.137 e. The van der Waals surface area contributed by atoms with Crippen molar-refractivity contribution in [1.29, 1.82) is 0 Å². The second-order valence-electron chi connectivity index (χ2n) is 3.79. The van der Waals surface area contributed by atoms with Crippen LogP contribution in [0.4, 0.5) is 0 Å². The Morgan fingerprint density at radius 3 is 1.77 bits per heavy atom. The summed E-state index contributed by atoms with van der Waals surface area (Å²) in [6.45, 7) is 27.6. The summed E-state index contributed by atoms with van der Waals surface area (Å²) in [6, 6.07) is 0. The van der Waals surface area contributed by atoms with Gasteiger partial charge in [-0.2, -0.15) is 5.10 Å². The van der Waals surface area contributed by atoms with Crippen LogP contribution in [0, 0.1) is 0 Å². The molecule has 1 heterocycles. The van der Waals surface area contributed by atoms with Crippen LogP contribution >= 0.6 is 0 Å². The van der Waals surface area contributed by atoms with E-state index in [1.807, 2.05) is 79.7 Å². The number of nitrogens with zero attached hydrogens (tertiary/aromatic N) is 3. The molecule has 4 heteroatoms. The van der Waals surface area contributed by atoms with Gasteiger partial charge in [-0.05, 0) is 33.3 Å². The van der Waals surface area contributed by atoms with Crippen molar-refractivity contribution in [2.24, 2.45) is 0 Å². The molecular formula is C22H43N3O. The SMILES string of the molecule is C=C/C(=C\C=C/C)C(=C)C.C=CC.CC.CC.CCn1cncn1.CO. The van der Waals surface area contributed by atoms with Gasteiger partial charge < -0.3 is 5.11 Å². The van der Waals surface area contributed by atoms with Crippen LogP contribution in [-0.2, 0) is 6.54 Å². The van der Waals surface area contributed by atoms with E-state index in [1.54, 1.807) is 17.1 Å². The maximum absolute atomic E-state index is 7.00. The van der Waals surface area contributed by atoms with Crippen LogP contribution in [0.5, 0.6) is 0 Å². The molecule has 0 saturated heterocycles. The van der Waals surface area contributed by atoms with Crippen molar-refractivity contribution in [2.75, 3.05) is 7.11 Å². The van der Waals surface area contributed by atoms with Gasteiger partial charge in [0.1, 0.15) is 12.7 Å². The molecular weight excluding hydrogens is 322 g/mol. The van der Waals surface area contributed by atoms with Crippen molar-refractivity contribution in [3.8, 4) is 0 Å². The Bertz CT molecular complexity index is 430. The Morgan fingerprint density at radius 1 is 1.12 bits per heavy atom. The second kappa shape index (κ2) is 38.4. The molecule has 152 valence electrons. The molecule has 0 aliphatic carbocycles. The molecule has 0 aliphatic heterocycles. The lowest BCUT2D eigenvalue weighted by Crippen LogP contribution is -1.91. The van der Waals surface area contributed by atoms with Gasteiger partial charge in [-0.25, -0.2) is 4.98 Å². The molecule has 4 nitrogen and oxygen atoms in total. The van der Waals surface area contributed by atoms with Crippen LogP contribution in [0.1, 0.15) is 55.4 Å². The van der Waals surface area contributed by atoms with E-state index in [0.29, 0.717) is 0 Å². The molecule has 0 aromatic carbocycles. The van der Waals surface area contributed by atoms with Gasteiger partial charge in [0.05, 0.1) is 0 Å². The molecule has 0 radical (unpaired) electrons. The first-order valence-corrected chi connectivity index (χ1v) is 9.02. The quantitative estimate of drug-likeness (QED) is 0.496. The molecule has 0 amide bonds. The second-order valence-corrected chi connectivity index (χ2v) is 3.79. The largest absolute Gasteiger partial charge is 0.400 e. The maximum atomic E-state index is 7.00. The number of aryl methyl sites for hydroxylation is 1. The van der Waals surface area contributed by atoms with E-state index in [2.05, 4.69) is 29.8 Å². The predicted octanol–water partition coefficient (Wildman–Crippen LogP) is 6.40. The van der Waals surface area contributed by atoms with Gasteiger partial charge in [-0.15, -0.1) is 6.58 Å². The summed E-state index contributed by atoms with van der Waals surface area (Å²) in [7, 11) is 1.00. The highest BCUT2D eigenvalue weighted by Gasteiger charge is 1.86. The van der Waals surface area contributed by atoms with Gasteiger partial charge in [-0.3, -0.25) is 4.68 Å². The lowest BCUT2D eigenvalue weighted by atomic mass is 10.1. The Kier molecular flexibility index (Phi) is 51.7. The highest BCUT2D eigenvalue weighted by molar-refractivity contribution is 5.37. The molecule has 1 rings (SSSR count). The summed E-state index contributed by atoms with van der Waals surface area (Å²) < 4.78 is 1.76. The zero-order valence-electron chi connectivity index (χ0n) is 18.7. The summed E-state index contributed by atoms with van der Waals surface area (Å²) in [4.78, 5) is 3.74. The standard InChI is InChI=1S/C10H14.C4H7N3.C3H6.2C2H6.CH4O/c1-5-7-8-10(6-2)9(3)4;1-2-7-4-5-3-6-7;1-3-2;3*1-2/h5-8H,2-3H2,1,4H3;3-4H,2H2,1H3;3H,1H2,2H3;2*1-2H3;2H,1H3/b7-5-,10-8+;;;;;. The fourth-order valence-electron chi connectivity index (χ4n) is 0.980. The molecule has 1 N–H and O–H groups in total. The van der Waals surface area contributed by atoms with Gasteiger partial charge in [-0.1, -0.05) is 76.8 Å². The molecule has 0 aliphatic rings. The molecule has 1 aromatic rings. The van der Waals surface area contributed by atoms with Crippen LogP contribution in [0.15, 0.2) is 73.9 Å². The minimum atomic E-state index is 0.903. The predicted molar refractivity (Wildman–Crippen MR) is 120 cm³/mol. The Labute approximate surface area is 163 Å². The first-order chi connectivity index (χ1) is 12.6. The normalized spacial score (nSPS) is 8.31. The highest BCUT2D eigenvalue weighted by Crippen LogP contribution is 2.06. The average molecular weight is 366 g/mol. The van der Waals surface area contributed by atoms with E-state index in [1.165, 1.54) is 6.33 Å². The van der Waals surface area contributed by atoms with Crippen molar-refractivity contribution in [3.63, 3.8) is 0 Å². The van der Waals surface area contributed by atoms with Crippen molar-refractivity contribution in [3.05, 3.63) is 73.9 Å². The number of aliphatic hydroxyl groups excluding tert-OH is 1. The summed E-state index contributed by atoms with van der Waals surface area (Å²) in [5.74, 6) is 0. The summed E-state index contributed by atoms with van der Waals surface area (Å²) in [5.41, 5.74) is 2.14. The number of rotatable bonds is 4. The molecule has 0 bridgehead atoms. The lowest BCUT2D eigenvalue weighted by Gasteiger charge is -1.95. The van der Waals surface area contributed by atoms with Gasteiger partial charge >= 0.3 is 0 Å². The van der Waals surface area contributed by atoms with Gasteiger partial charge in [0.25, 0.3) is 0 Å². The van der Waals surface area contributed by atoms with Crippen LogP contribution in [0.2, 0.25) is 0 Å². The number of aliphatic hydroxyl groups is 1. The van der Waals surface area contributed by atoms with E-state index < -0.39 is 0 Å². The van der Waals surface area contributed by atoms with Gasteiger partial charge in [0, 0.05) is 13.7 Å². The number of allylic oxidation sites excluding steroid dienone is 7. The van der Waals surface area contributed by atoms with Crippen molar-refractivity contribution in [1.82, 2.24) is 14.8 Å². The van der Waals surface area contributed by atoms with E-state index in [4.69, 9.17) is 5.11 Å². The zero-order valence-corrected chi connectivity index (χ0v) is 18.7. The highest BCUT2D eigenvalue weighted by atomic mass is 16.2. The van der Waals surface area contributed by atoms with Gasteiger partial charge in [0.15, 0.2) is 0 Å². The van der Waals surface area contributed by atoms with Crippen LogP contribution < -0.4 is 0 Å². The van der Waals surface area contributed by atoms with E-state index >= 15 is 0 Å². The third-order valence-electron chi connectivity index (χ3n) is 1.97. The molecule has 0 unspecified atom stereocenters. The van der Waals surface area contributed by atoms with Crippen LogP contribution in [-0.4, -0.2) is 27.0 Å². The first-order valence-electron chi connectivity index (χ1n) is 9.02. The topological polar surface area (TPSA) is 50.9 Å². The minimum absolute atomic E-state index is 0.903. The smallest absolute Gasteiger partial charge is 0.137 e. The van der Waals surface area contributed by atoms with Crippen LogP contribution in [0.25, 0.3) is 0 Å². The van der Waals surface area contributed by atoms with E-state index in [-0.39, 0.29) is 0 Å². The summed E-state index contributed by atoms with van der Waals surface area (Å²) >= 11 is 0. The zero-order chi connectivity index (χ0) is 21.8. The fraction of sp³-hybridized carbons (Fsp3) is 0.455. The Hall–Kier alpha value is -2.20. The molecule has 0 saturated carbocycles. The fourth-order valence-corrected chi connectivity index (χ4v) is 0.980. The molecule has 0 fully saturated rings. The molecule has 0 atom stereocenters. The summed E-state index contributed by atoms with van der Waals surface area (Å²) in [6.07, 6.45) is 12.7. The lowest BCUT2D eigenvalue weighted by molar-refractivity contribution is 0.399. The van der Waals surface area contributed by atoms with E-state index in [9.17, 15) is 0 Å². The number of hydrogen-bond acceptors (Lipinski definition) is 3. The van der Waals surface area contributed by atoms with Crippen molar-refractivity contribution >= 4 is 0 Å². The molecule has 26 heavy (non-hydrogen) atoms. The van der Waals surface area contributed by atoms with Crippen LogP contribution in [0.3, 0.4) is 0 Å². The molecule has 0 spiro atoms. The first kappa shape index (κ1) is 35.0. The monoisotopic (exact) mass is 365 g/mol. The van der Waals surface area contributed by atoms with Crippen molar-refractivity contribution in [2.45, 2.75) is 61.9 Å².